The molecule has 0 saturated carbocycles. The van der Waals surface area contributed by atoms with Gasteiger partial charge in [0.1, 0.15) is 6.07 Å². The average molecular weight is 304 g/mol. The van der Waals surface area contributed by atoms with E-state index in [1.165, 1.54) is 11.8 Å². The zero-order valence-corrected chi connectivity index (χ0v) is 12.7. The molecule has 1 aromatic rings. The van der Waals surface area contributed by atoms with Gasteiger partial charge in [-0.1, -0.05) is 31.7 Å². The molecule has 2 rings (SSSR count). The Morgan fingerprint density at radius 3 is 2.95 bits per heavy atom. The maximum Gasteiger partial charge on any atom is 0.259 e. The molecule has 0 spiro atoms. The first-order valence-corrected chi connectivity index (χ1v) is 7.43. The second kappa shape index (κ2) is 6.06. The summed E-state index contributed by atoms with van der Waals surface area (Å²) in [6, 6.07) is 2.03. The monoisotopic (exact) mass is 304 g/mol. The molecular formula is C14H16N4O2S. The standard InChI is InChI=1S/C14H16N4O2S/c1-4-5-21-14-17-12(19)10-9(7(2)3)8(6-15)11(16)20-13(10)18-14/h4,7,9H,1,5,16H2,2-3H3,(H,17,18,19)/t9-/m1/s1. The lowest BCUT2D eigenvalue weighted by Crippen LogP contribution is -2.30. The molecule has 1 aliphatic rings. The van der Waals surface area contributed by atoms with Gasteiger partial charge in [0.25, 0.3) is 5.56 Å². The molecule has 110 valence electrons. The Hall–Kier alpha value is -2.20. The van der Waals surface area contributed by atoms with Crippen LogP contribution >= 0.6 is 11.8 Å². The van der Waals surface area contributed by atoms with Gasteiger partial charge in [-0.15, -0.1) is 6.58 Å². The largest absolute Gasteiger partial charge is 0.422 e. The predicted octanol–water partition coefficient (Wildman–Crippen LogP) is 1.87. The van der Waals surface area contributed by atoms with Crippen molar-refractivity contribution in [3.8, 4) is 11.9 Å². The molecule has 0 amide bonds. The van der Waals surface area contributed by atoms with E-state index in [2.05, 4.69) is 16.5 Å². The molecule has 21 heavy (non-hydrogen) atoms. The van der Waals surface area contributed by atoms with Crippen molar-refractivity contribution in [2.45, 2.75) is 24.9 Å². The van der Waals surface area contributed by atoms with Gasteiger partial charge in [0, 0.05) is 11.7 Å². The number of nitrogens with zero attached hydrogens (tertiary/aromatic N) is 2. The summed E-state index contributed by atoms with van der Waals surface area (Å²) >= 11 is 1.34. The number of nitriles is 1. The van der Waals surface area contributed by atoms with E-state index >= 15 is 0 Å². The van der Waals surface area contributed by atoms with Gasteiger partial charge in [0.05, 0.1) is 11.1 Å². The molecule has 0 fully saturated rings. The molecule has 7 heteroatoms. The minimum Gasteiger partial charge on any atom is -0.422 e. The van der Waals surface area contributed by atoms with Crippen molar-refractivity contribution in [3.05, 3.63) is 40.0 Å². The highest BCUT2D eigenvalue weighted by molar-refractivity contribution is 7.99. The van der Waals surface area contributed by atoms with Crippen LogP contribution in [-0.4, -0.2) is 15.7 Å². The maximum atomic E-state index is 12.3. The number of thioether (sulfide) groups is 1. The predicted molar refractivity (Wildman–Crippen MR) is 80.8 cm³/mol. The number of ether oxygens (including phenoxy) is 1. The molecule has 0 radical (unpaired) electrons. The average Bonchev–Trinajstić information content (AvgIpc) is 2.43. The molecule has 0 aromatic carbocycles. The van der Waals surface area contributed by atoms with Gasteiger partial charge in [-0.25, -0.2) is 0 Å². The molecule has 0 bridgehead atoms. The lowest BCUT2D eigenvalue weighted by molar-refractivity contribution is 0.350. The zero-order valence-electron chi connectivity index (χ0n) is 11.8. The normalized spacial score (nSPS) is 17.1. The van der Waals surface area contributed by atoms with E-state index in [0.717, 1.165) is 0 Å². The molecule has 1 aromatic heterocycles. The van der Waals surface area contributed by atoms with Crippen molar-refractivity contribution < 1.29 is 4.74 Å². The van der Waals surface area contributed by atoms with Gasteiger partial charge in [-0.3, -0.25) is 4.79 Å². The molecule has 0 unspecified atom stereocenters. The fourth-order valence-corrected chi connectivity index (χ4v) is 2.84. The van der Waals surface area contributed by atoms with E-state index < -0.39 is 5.92 Å². The van der Waals surface area contributed by atoms with Crippen molar-refractivity contribution in [2.24, 2.45) is 11.7 Å². The maximum absolute atomic E-state index is 12.3. The number of rotatable bonds is 4. The highest BCUT2D eigenvalue weighted by atomic mass is 32.2. The molecule has 1 aliphatic heterocycles. The number of hydrogen-bond donors (Lipinski definition) is 2. The molecular weight excluding hydrogens is 288 g/mol. The van der Waals surface area contributed by atoms with E-state index in [0.29, 0.717) is 16.5 Å². The Balaban J connectivity index is 2.57. The van der Waals surface area contributed by atoms with Crippen molar-refractivity contribution in [2.75, 3.05) is 5.75 Å². The Kier molecular flexibility index (Phi) is 4.38. The molecule has 2 heterocycles. The summed E-state index contributed by atoms with van der Waals surface area (Å²) in [7, 11) is 0. The number of H-pyrrole nitrogens is 1. The van der Waals surface area contributed by atoms with Crippen LogP contribution in [-0.2, 0) is 0 Å². The summed E-state index contributed by atoms with van der Waals surface area (Å²) in [5.74, 6) is 0.426. The Labute approximate surface area is 126 Å². The van der Waals surface area contributed by atoms with Gasteiger partial charge in [0.15, 0.2) is 5.16 Å². The van der Waals surface area contributed by atoms with Crippen LogP contribution in [0.25, 0.3) is 0 Å². The first-order chi connectivity index (χ1) is 9.99. The van der Waals surface area contributed by atoms with Crippen LogP contribution in [0, 0.1) is 17.2 Å². The van der Waals surface area contributed by atoms with Crippen LogP contribution in [0.5, 0.6) is 5.88 Å². The quantitative estimate of drug-likeness (QED) is 0.500. The van der Waals surface area contributed by atoms with Gasteiger partial charge >= 0.3 is 0 Å². The third-order valence-corrected chi connectivity index (χ3v) is 3.99. The smallest absolute Gasteiger partial charge is 0.259 e. The van der Waals surface area contributed by atoms with Crippen molar-refractivity contribution in [3.63, 3.8) is 0 Å². The molecule has 0 saturated heterocycles. The van der Waals surface area contributed by atoms with E-state index in [1.54, 1.807) is 6.08 Å². The van der Waals surface area contributed by atoms with Crippen LogP contribution in [0.1, 0.15) is 25.3 Å². The van der Waals surface area contributed by atoms with Crippen LogP contribution < -0.4 is 16.0 Å². The Morgan fingerprint density at radius 2 is 2.38 bits per heavy atom. The molecule has 3 N–H and O–H groups in total. The van der Waals surface area contributed by atoms with E-state index in [-0.39, 0.29) is 28.8 Å². The molecule has 6 nitrogen and oxygen atoms in total. The minimum atomic E-state index is -0.409. The summed E-state index contributed by atoms with van der Waals surface area (Å²) < 4.78 is 5.38. The van der Waals surface area contributed by atoms with Crippen molar-refractivity contribution in [1.82, 2.24) is 9.97 Å². The van der Waals surface area contributed by atoms with E-state index in [4.69, 9.17) is 10.5 Å². The van der Waals surface area contributed by atoms with Crippen LogP contribution in [0.3, 0.4) is 0 Å². The fraction of sp³-hybridized carbons (Fsp3) is 0.357. The lowest BCUT2D eigenvalue weighted by Gasteiger charge is -2.26. The summed E-state index contributed by atoms with van der Waals surface area (Å²) in [5, 5.41) is 9.69. The third-order valence-electron chi connectivity index (χ3n) is 3.12. The number of aromatic amines is 1. The van der Waals surface area contributed by atoms with Gasteiger partial charge < -0.3 is 15.5 Å². The summed E-state index contributed by atoms with van der Waals surface area (Å²) in [5.41, 5.74) is 6.13. The lowest BCUT2D eigenvalue weighted by atomic mass is 9.82. The van der Waals surface area contributed by atoms with Crippen LogP contribution in [0.2, 0.25) is 0 Å². The minimum absolute atomic E-state index is 0.0153. The third kappa shape index (κ3) is 2.81. The van der Waals surface area contributed by atoms with Crippen LogP contribution in [0.15, 0.2) is 34.1 Å². The van der Waals surface area contributed by atoms with Gasteiger partial charge in [0.2, 0.25) is 11.8 Å². The summed E-state index contributed by atoms with van der Waals surface area (Å²) in [4.78, 5) is 19.3. The van der Waals surface area contributed by atoms with Crippen molar-refractivity contribution >= 4 is 11.8 Å². The first kappa shape index (κ1) is 15.2. The zero-order chi connectivity index (χ0) is 15.6. The Morgan fingerprint density at radius 1 is 1.67 bits per heavy atom. The van der Waals surface area contributed by atoms with Gasteiger partial charge in [-0.05, 0) is 5.92 Å². The fourth-order valence-electron chi connectivity index (χ4n) is 2.25. The molecule has 0 aliphatic carbocycles. The van der Waals surface area contributed by atoms with E-state index in [1.807, 2.05) is 19.9 Å². The summed E-state index contributed by atoms with van der Waals surface area (Å²) in [6.45, 7) is 7.46. The Bertz CT molecular complexity index is 700. The first-order valence-electron chi connectivity index (χ1n) is 6.45. The highest BCUT2D eigenvalue weighted by Crippen LogP contribution is 2.39. The van der Waals surface area contributed by atoms with Crippen molar-refractivity contribution in [1.29, 1.82) is 5.26 Å². The number of hydrogen-bond acceptors (Lipinski definition) is 6. The number of fused-ring (bicyclic) bond motifs is 1. The number of aromatic nitrogens is 2. The highest BCUT2D eigenvalue weighted by Gasteiger charge is 2.35. The number of allylic oxidation sites excluding steroid dienone is 1. The topological polar surface area (TPSA) is 105 Å². The summed E-state index contributed by atoms with van der Waals surface area (Å²) in [6.07, 6.45) is 1.71. The van der Waals surface area contributed by atoms with E-state index in [9.17, 15) is 10.1 Å². The SMILES string of the molecule is C=CCSc1nc2c(c(=O)[nH]1)[C@H](C(C)C)C(C#N)=C(N)O2. The van der Waals surface area contributed by atoms with Gasteiger partial charge in [-0.2, -0.15) is 10.2 Å². The second-order valence-corrected chi connectivity index (χ2v) is 5.91. The number of nitrogens with two attached hydrogens (primary N) is 1. The number of nitrogens with one attached hydrogen (secondary N) is 1. The second-order valence-electron chi connectivity index (χ2n) is 4.90. The molecule has 1 atom stereocenters. The van der Waals surface area contributed by atoms with Crippen LogP contribution in [0.4, 0.5) is 0 Å².